The quantitative estimate of drug-likeness (QED) is 0.381. The van der Waals surface area contributed by atoms with Gasteiger partial charge in [0.05, 0.1) is 0 Å². The highest BCUT2D eigenvalue weighted by atomic mass is 32.2. The minimum atomic E-state index is 1.18. The predicted molar refractivity (Wildman–Crippen MR) is 95.5 cm³/mol. The Labute approximate surface area is 133 Å². The summed E-state index contributed by atoms with van der Waals surface area (Å²) in [5, 5.41) is 0. The van der Waals surface area contributed by atoms with E-state index in [0.717, 1.165) is 0 Å². The van der Waals surface area contributed by atoms with Gasteiger partial charge in [0, 0.05) is 4.90 Å². The summed E-state index contributed by atoms with van der Waals surface area (Å²) in [4.78, 5) is 2.79. The van der Waals surface area contributed by atoms with Crippen molar-refractivity contribution in [3.8, 4) is 0 Å². The first-order valence-electron chi connectivity index (χ1n) is 7.87. The summed E-state index contributed by atoms with van der Waals surface area (Å²) in [5.41, 5.74) is 1.30. The van der Waals surface area contributed by atoms with Crippen LogP contribution in [0.15, 0.2) is 70.5 Å². The Morgan fingerprint density at radius 1 is 0.857 bits per heavy atom. The monoisotopic (exact) mass is 296 g/mol. The topological polar surface area (TPSA) is 0 Å². The second-order valence-electron chi connectivity index (χ2n) is 5.25. The zero-order chi connectivity index (χ0) is 14.8. The van der Waals surface area contributed by atoms with Crippen molar-refractivity contribution in [1.29, 1.82) is 0 Å². The molecular weight excluding hydrogens is 272 g/mol. The van der Waals surface area contributed by atoms with Gasteiger partial charge in [0.1, 0.15) is 0 Å². The molecule has 0 radical (unpaired) electrons. The number of benzene rings is 2. The zero-order valence-corrected chi connectivity index (χ0v) is 13.6. The molecule has 1 heteroatoms. The van der Waals surface area contributed by atoms with E-state index in [0.29, 0.717) is 0 Å². The van der Waals surface area contributed by atoms with Crippen LogP contribution >= 0.6 is 11.8 Å². The average molecular weight is 296 g/mol. The van der Waals surface area contributed by atoms with Crippen LogP contribution in [0.3, 0.4) is 0 Å². The Bertz CT molecular complexity index is 528. The lowest BCUT2D eigenvalue weighted by Crippen LogP contribution is -1.83. The second-order valence-corrected chi connectivity index (χ2v) is 6.45. The molecule has 0 saturated carbocycles. The molecule has 110 valence electrons. The van der Waals surface area contributed by atoms with Gasteiger partial charge in [-0.1, -0.05) is 86.5 Å². The maximum atomic E-state index is 2.34. The number of hydrogen-bond donors (Lipinski definition) is 0. The largest absolute Gasteiger partial charge is 0.0945 e. The van der Waals surface area contributed by atoms with E-state index in [9.17, 15) is 0 Å². The van der Waals surface area contributed by atoms with Crippen LogP contribution in [0, 0.1) is 0 Å². The standard InChI is InChI=1S/C20H24S/c1-2-3-4-9-16-20(17-18-12-7-5-8-13-18)21-19-14-10-6-11-15-19/h5-8,10-15,17H,2-4,9,16H2,1H3/b20-17-. The third-order valence-electron chi connectivity index (χ3n) is 3.40. The molecule has 0 atom stereocenters. The minimum Gasteiger partial charge on any atom is -0.0945 e. The summed E-state index contributed by atoms with van der Waals surface area (Å²) < 4.78 is 0. The van der Waals surface area contributed by atoms with Crippen LogP contribution in [0.25, 0.3) is 6.08 Å². The van der Waals surface area contributed by atoms with Gasteiger partial charge in [0.25, 0.3) is 0 Å². The molecule has 0 heterocycles. The van der Waals surface area contributed by atoms with Gasteiger partial charge in [-0.15, -0.1) is 0 Å². The van der Waals surface area contributed by atoms with Crippen molar-refractivity contribution in [3.63, 3.8) is 0 Å². The summed E-state index contributed by atoms with van der Waals surface area (Å²) in [7, 11) is 0. The lowest BCUT2D eigenvalue weighted by atomic mass is 10.1. The molecule has 0 N–H and O–H groups in total. The second kappa shape index (κ2) is 9.46. The molecule has 2 rings (SSSR count). The molecule has 0 aromatic heterocycles. The van der Waals surface area contributed by atoms with Crippen LogP contribution in [0.1, 0.15) is 44.6 Å². The van der Waals surface area contributed by atoms with Crippen LogP contribution in [0.2, 0.25) is 0 Å². The molecule has 0 unspecified atom stereocenters. The van der Waals surface area contributed by atoms with Crippen molar-refractivity contribution < 1.29 is 0 Å². The summed E-state index contributed by atoms with van der Waals surface area (Å²) >= 11 is 1.90. The van der Waals surface area contributed by atoms with E-state index < -0.39 is 0 Å². The molecule has 0 fully saturated rings. The fourth-order valence-corrected chi connectivity index (χ4v) is 3.29. The molecule has 0 amide bonds. The van der Waals surface area contributed by atoms with Gasteiger partial charge in [-0.25, -0.2) is 0 Å². The van der Waals surface area contributed by atoms with Crippen LogP contribution in [-0.4, -0.2) is 0 Å². The lowest BCUT2D eigenvalue weighted by molar-refractivity contribution is 0.673. The van der Waals surface area contributed by atoms with E-state index in [1.54, 1.807) is 0 Å². The molecule has 0 bridgehead atoms. The van der Waals surface area contributed by atoms with Crippen molar-refractivity contribution in [2.24, 2.45) is 0 Å². The van der Waals surface area contributed by atoms with Crippen LogP contribution in [0.4, 0.5) is 0 Å². The lowest BCUT2D eigenvalue weighted by Gasteiger charge is -2.08. The van der Waals surface area contributed by atoms with E-state index in [1.165, 1.54) is 47.5 Å². The highest BCUT2D eigenvalue weighted by Gasteiger charge is 2.02. The van der Waals surface area contributed by atoms with Crippen molar-refractivity contribution in [2.75, 3.05) is 0 Å². The fourth-order valence-electron chi connectivity index (χ4n) is 2.25. The summed E-state index contributed by atoms with van der Waals surface area (Å²) in [5.74, 6) is 0. The Hall–Kier alpha value is -1.47. The summed E-state index contributed by atoms with van der Waals surface area (Å²) in [6.07, 6.45) is 8.76. The number of hydrogen-bond acceptors (Lipinski definition) is 1. The first-order valence-corrected chi connectivity index (χ1v) is 8.68. The van der Waals surface area contributed by atoms with E-state index in [4.69, 9.17) is 0 Å². The van der Waals surface area contributed by atoms with E-state index >= 15 is 0 Å². The molecule has 2 aromatic rings. The molecule has 0 aliphatic rings. The summed E-state index contributed by atoms with van der Waals surface area (Å²) in [6.45, 7) is 2.26. The number of allylic oxidation sites excluding steroid dienone is 1. The van der Waals surface area contributed by atoms with Gasteiger partial charge in [-0.05, 0) is 41.5 Å². The predicted octanol–water partition coefficient (Wildman–Crippen LogP) is 6.79. The van der Waals surface area contributed by atoms with Gasteiger partial charge in [0.15, 0.2) is 0 Å². The molecule has 0 aliphatic carbocycles. The van der Waals surface area contributed by atoms with Crippen molar-refractivity contribution in [2.45, 2.75) is 43.9 Å². The molecule has 2 aromatic carbocycles. The first kappa shape index (κ1) is 15.9. The van der Waals surface area contributed by atoms with Crippen molar-refractivity contribution in [1.82, 2.24) is 0 Å². The third-order valence-corrected chi connectivity index (χ3v) is 4.49. The van der Waals surface area contributed by atoms with E-state index in [1.807, 2.05) is 11.8 Å². The molecule has 0 saturated heterocycles. The van der Waals surface area contributed by atoms with Gasteiger partial charge in [-0.2, -0.15) is 0 Å². The molecular formula is C20H24S. The van der Waals surface area contributed by atoms with Gasteiger partial charge in [-0.3, -0.25) is 0 Å². The van der Waals surface area contributed by atoms with Gasteiger partial charge in [0.2, 0.25) is 0 Å². The average Bonchev–Trinajstić information content (AvgIpc) is 2.53. The smallest absolute Gasteiger partial charge is 0.0119 e. The summed E-state index contributed by atoms with van der Waals surface area (Å²) in [6, 6.07) is 21.3. The van der Waals surface area contributed by atoms with Crippen molar-refractivity contribution >= 4 is 17.8 Å². The van der Waals surface area contributed by atoms with Crippen molar-refractivity contribution in [3.05, 3.63) is 71.1 Å². The molecule has 0 spiro atoms. The van der Waals surface area contributed by atoms with Crippen LogP contribution in [-0.2, 0) is 0 Å². The highest BCUT2D eigenvalue weighted by Crippen LogP contribution is 2.31. The van der Waals surface area contributed by atoms with Crippen LogP contribution in [0.5, 0.6) is 0 Å². The fraction of sp³-hybridized carbons (Fsp3) is 0.300. The SMILES string of the molecule is CCCCCC/C(=C/c1ccccc1)Sc1ccccc1. The van der Waals surface area contributed by atoms with E-state index in [2.05, 4.69) is 73.7 Å². The Kier molecular flexibility index (Phi) is 7.17. The number of unbranched alkanes of at least 4 members (excludes halogenated alkanes) is 3. The highest BCUT2D eigenvalue weighted by molar-refractivity contribution is 8.03. The van der Waals surface area contributed by atoms with Crippen LogP contribution < -0.4 is 0 Å². The minimum absolute atomic E-state index is 1.18. The number of thioether (sulfide) groups is 1. The zero-order valence-electron chi connectivity index (χ0n) is 12.8. The Morgan fingerprint density at radius 3 is 2.19 bits per heavy atom. The Morgan fingerprint density at radius 2 is 1.52 bits per heavy atom. The van der Waals surface area contributed by atoms with Gasteiger partial charge >= 0.3 is 0 Å². The normalized spacial score (nSPS) is 11.6. The first-order chi connectivity index (χ1) is 10.4. The molecule has 21 heavy (non-hydrogen) atoms. The van der Waals surface area contributed by atoms with Gasteiger partial charge < -0.3 is 0 Å². The number of rotatable bonds is 8. The third kappa shape index (κ3) is 6.22. The maximum absolute atomic E-state index is 2.34. The van der Waals surface area contributed by atoms with E-state index in [-0.39, 0.29) is 0 Å². The Balaban J connectivity index is 2.04. The molecule has 0 nitrogen and oxygen atoms in total. The maximum Gasteiger partial charge on any atom is 0.0119 e. The molecule has 0 aliphatic heterocycles.